The Kier molecular flexibility index (Phi) is 5.84. The first-order valence-electron chi connectivity index (χ1n) is 5.85. The van der Waals surface area contributed by atoms with E-state index in [9.17, 15) is 13.2 Å². The highest BCUT2D eigenvalue weighted by atomic mass is 32.2. The SMILES string of the molecule is CCSc1ccc(C(=O)NCCN)cc1S(C)(=O)=O. The van der Waals surface area contributed by atoms with Crippen molar-refractivity contribution in [2.75, 3.05) is 25.1 Å². The van der Waals surface area contributed by atoms with Crippen molar-refractivity contribution in [3.63, 3.8) is 0 Å². The Labute approximate surface area is 117 Å². The largest absolute Gasteiger partial charge is 0.351 e. The fourth-order valence-electron chi connectivity index (χ4n) is 1.50. The maximum atomic E-state index is 11.8. The first-order chi connectivity index (χ1) is 8.90. The topological polar surface area (TPSA) is 89.3 Å². The van der Waals surface area contributed by atoms with Crippen LogP contribution in [0.1, 0.15) is 17.3 Å². The smallest absolute Gasteiger partial charge is 0.251 e. The molecule has 0 atom stereocenters. The molecule has 0 fully saturated rings. The first kappa shape index (κ1) is 16.0. The summed E-state index contributed by atoms with van der Waals surface area (Å²) in [5, 5.41) is 2.61. The summed E-state index contributed by atoms with van der Waals surface area (Å²) in [7, 11) is -3.36. The summed E-state index contributed by atoms with van der Waals surface area (Å²) in [5.74, 6) is 0.449. The van der Waals surface area contributed by atoms with Crippen LogP contribution in [-0.4, -0.2) is 39.4 Å². The van der Waals surface area contributed by atoms with Gasteiger partial charge in [0.25, 0.3) is 5.91 Å². The van der Waals surface area contributed by atoms with Crippen LogP contribution in [0.2, 0.25) is 0 Å². The number of carbonyl (C=O) groups excluding carboxylic acids is 1. The quantitative estimate of drug-likeness (QED) is 0.762. The van der Waals surface area contributed by atoms with Gasteiger partial charge in [-0.05, 0) is 24.0 Å². The number of nitrogens with one attached hydrogen (secondary N) is 1. The maximum absolute atomic E-state index is 11.8. The number of amides is 1. The summed E-state index contributed by atoms with van der Waals surface area (Å²) in [6, 6.07) is 4.71. The average Bonchev–Trinajstić information content (AvgIpc) is 2.35. The van der Waals surface area contributed by atoms with E-state index in [1.807, 2.05) is 6.92 Å². The van der Waals surface area contributed by atoms with Gasteiger partial charge in [0, 0.05) is 29.8 Å². The molecule has 0 bridgehead atoms. The molecular weight excluding hydrogens is 284 g/mol. The van der Waals surface area contributed by atoms with Gasteiger partial charge in [0.05, 0.1) is 4.90 Å². The van der Waals surface area contributed by atoms with Crippen LogP contribution in [0.3, 0.4) is 0 Å². The number of sulfone groups is 1. The third-order valence-corrected chi connectivity index (χ3v) is 4.56. The zero-order valence-corrected chi connectivity index (χ0v) is 12.6. The zero-order valence-electron chi connectivity index (χ0n) is 11.0. The molecular formula is C12H18N2O3S2. The Morgan fingerprint density at radius 1 is 1.42 bits per heavy atom. The highest BCUT2D eigenvalue weighted by Crippen LogP contribution is 2.27. The number of carbonyl (C=O) groups is 1. The maximum Gasteiger partial charge on any atom is 0.251 e. The van der Waals surface area contributed by atoms with Crippen molar-refractivity contribution in [1.29, 1.82) is 0 Å². The lowest BCUT2D eigenvalue weighted by Crippen LogP contribution is -2.29. The summed E-state index contributed by atoms with van der Waals surface area (Å²) >= 11 is 1.44. The van der Waals surface area contributed by atoms with Crippen molar-refractivity contribution in [3.05, 3.63) is 23.8 Å². The predicted octanol–water partition coefficient (Wildman–Crippen LogP) is 0.891. The summed E-state index contributed by atoms with van der Waals surface area (Å²) < 4.78 is 23.5. The number of hydrogen-bond donors (Lipinski definition) is 2. The van der Waals surface area contributed by atoms with Crippen LogP contribution in [0.5, 0.6) is 0 Å². The highest BCUT2D eigenvalue weighted by Gasteiger charge is 2.16. The zero-order chi connectivity index (χ0) is 14.5. The molecule has 0 radical (unpaired) electrons. The van der Waals surface area contributed by atoms with E-state index in [1.54, 1.807) is 12.1 Å². The molecule has 0 unspecified atom stereocenters. The Bertz CT molecular complexity index is 556. The molecule has 3 N–H and O–H groups in total. The van der Waals surface area contributed by atoms with Crippen LogP contribution in [0, 0.1) is 0 Å². The minimum absolute atomic E-state index is 0.194. The number of benzene rings is 1. The van der Waals surface area contributed by atoms with Crippen molar-refractivity contribution in [1.82, 2.24) is 5.32 Å². The Hall–Kier alpha value is -1.05. The second-order valence-electron chi connectivity index (χ2n) is 3.91. The van der Waals surface area contributed by atoms with Crippen LogP contribution < -0.4 is 11.1 Å². The van der Waals surface area contributed by atoms with Gasteiger partial charge in [-0.3, -0.25) is 4.79 Å². The van der Waals surface area contributed by atoms with Gasteiger partial charge in [0.1, 0.15) is 0 Å². The van der Waals surface area contributed by atoms with Crippen LogP contribution >= 0.6 is 11.8 Å². The van der Waals surface area contributed by atoms with Crippen LogP contribution in [-0.2, 0) is 9.84 Å². The number of hydrogen-bond acceptors (Lipinski definition) is 5. The molecule has 1 amide bonds. The molecule has 1 rings (SSSR count). The van der Waals surface area contributed by atoms with E-state index in [0.29, 0.717) is 23.5 Å². The van der Waals surface area contributed by atoms with Crippen LogP contribution in [0.25, 0.3) is 0 Å². The van der Waals surface area contributed by atoms with Crippen molar-refractivity contribution in [3.8, 4) is 0 Å². The Balaban J connectivity index is 3.15. The van der Waals surface area contributed by atoms with Crippen LogP contribution in [0.4, 0.5) is 0 Å². The van der Waals surface area contributed by atoms with E-state index in [1.165, 1.54) is 17.8 Å². The van der Waals surface area contributed by atoms with E-state index in [-0.39, 0.29) is 10.8 Å². The third kappa shape index (κ3) is 4.52. The minimum Gasteiger partial charge on any atom is -0.351 e. The first-order valence-corrected chi connectivity index (χ1v) is 8.73. The molecule has 7 heteroatoms. The fraction of sp³-hybridized carbons (Fsp3) is 0.417. The van der Waals surface area contributed by atoms with Gasteiger partial charge in [0.15, 0.2) is 9.84 Å². The molecule has 106 valence electrons. The van der Waals surface area contributed by atoms with Gasteiger partial charge in [-0.15, -0.1) is 11.8 Å². The number of thioether (sulfide) groups is 1. The summed E-state index contributed by atoms with van der Waals surface area (Å²) in [5.41, 5.74) is 5.63. The average molecular weight is 302 g/mol. The molecule has 0 saturated carbocycles. The van der Waals surface area contributed by atoms with Gasteiger partial charge >= 0.3 is 0 Å². The van der Waals surface area contributed by atoms with E-state index >= 15 is 0 Å². The van der Waals surface area contributed by atoms with Gasteiger partial charge in [0.2, 0.25) is 0 Å². The van der Waals surface area contributed by atoms with E-state index < -0.39 is 9.84 Å². The number of nitrogens with two attached hydrogens (primary N) is 1. The molecule has 0 aromatic heterocycles. The highest BCUT2D eigenvalue weighted by molar-refractivity contribution is 8.00. The van der Waals surface area contributed by atoms with Gasteiger partial charge in [-0.2, -0.15) is 0 Å². The normalized spacial score (nSPS) is 11.3. The lowest BCUT2D eigenvalue weighted by atomic mass is 10.2. The fourth-order valence-corrected chi connectivity index (χ4v) is 3.58. The lowest BCUT2D eigenvalue weighted by molar-refractivity contribution is 0.0954. The molecule has 5 nitrogen and oxygen atoms in total. The van der Waals surface area contributed by atoms with Gasteiger partial charge in [-0.25, -0.2) is 8.42 Å². The van der Waals surface area contributed by atoms with Crippen LogP contribution in [0.15, 0.2) is 28.0 Å². The summed E-state index contributed by atoms with van der Waals surface area (Å²) in [6.45, 7) is 2.64. The molecule has 0 aliphatic heterocycles. The molecule has 0 aliphatic rings. The van der Waals surface area contributed by atoms with Crippen molar-refractivity contribution >= 4 is 27.5 Å². The molecule has 1 aromatic carbocycles. The monoisotopic (exact) mass is 302 g/mol. The predicted molar refractivity (Wildman–Crippen MR) is 77.3 cm³/mol. The lowest BCUT2D eigenvalue weighted by Gasteiger charge is -2.09. The standard InChI is InChI=1S/C12H18N2O3S2/c1-3-18-10-5-4-9(12(15)14-7-6-13)8-11(10)19(2,16)17/h4-5,8H,3,6-7,13H2,1-2H3,(H,14,15). The van der Waals surface area contributed by atoms with Gasteiger partial charge in [-0.1, -0.05) is 6.92 Å². The third-order valence-electron chi connectivity index (χ3n) is 2.34. The Morgan fingerprint density at radius 2 is 2.11 bits per heavy atom. The van der Waals surface area contributed by atoms with E-state index in [4.69, 9.17) is 5.73 Å². The molecule has 0 spiro atoms. The van der Waals surface area contributed by atoms with Crippen molar-refractivity contribution in [2.24, 2.45) is 5.73 Å². The number of rotatable bonds is 6. The second kappa shape index (κ2) is 6.93. The second-order valence-corrected chi connectivity index (χ2v) is 7.20. The Morgan fingerprint density at radius 3 is 2.63 bits per heavy atom. The van der Waals surface area contributed by atoms with Gasteiger partial charge < -0.3 is 11.1 Å². The molecule has 0 heterocycles. The van der Waals surface area contributed by atoms with E-state index in [0.717, 1.165) is 12.0 Å². The molecule has 0 saturated heterocycles. The van der Waals surface area contributed by atoms with Crippen molar-refractivity contribution < 1.29 is 13.2 Å². The minimum atomic E-state index is -3.36. The van der Waals surface area contributed by atoms with Crippen molar-refractivity contribution in [2.45, 2.75) is 16.7 Å². The molecule has 0 aliphatic carbocycles. The summed E-state index contributed by atoms with van der Waals surface area (Å²) in [4.78, 5) is 12.6. The molecule has 19 heavy (non-hydrogen) atoms. The molecule has 1 aromatic rings. The summed E-state index contributed by atoms with van der Waals surface area (Å²) in [6.07, 6.45) is 1.14. The van der Waals surface area contributed by atoms with E-state index in [2.05, 4.69) is 5.32 Å².